The lowest BCUT2D eigenvalue weighted by molar-refractivity contribution is -0.115. The number of anilines is 1. The van der Waals surface area contributed by atoms with Gasteiger partial charge in [-0.05, 0) is 45.4 Å². The number of nitrogens with one attached hydrogen (secondary N) is 1. The van der Waals surface area contributed by atoms with Gasteiger partial charge in [0, 0.05) is 18.7 Å². The van der Waals surface area contributed by atoms with Crippen molar-refractivity contribution in [2.24, 2.45) is 0 Å². The van der Waals surface area contributed by atoms with Crippen LogP contribution in [-0.2, 0) is 20.8 Å². The van der Waals surface area contributed by atoms with Gasteiger partial charge >= 0.3 is 11.9 Å². The number of nitrogens with zero attached hydrogens (tertiary/aromatic N) is 2. The Labute approximate surface area is 210 Å². The minimum absolute atomic E-state index is 0.102. The third-order valence-electron chi connectivity index (χ3n) is 5.04. The van der Waals surface area contributed by atoms with Crippen LogP contribution in [0.3, 0.4) is 0 Å². The molecular formula is C24H27N3O6S2. The number of thioether (sulfide) groups is 1. The molecule has 9 nitrogen and oxygen atoms in total. The number of benzene rings is 1. The molecular weight excluding hydrogens is 490 g/mol. The van der Waals surface area contributed by atoms with E-state index in [0.29, 0.717) is 33.9 Å². The molecule has 1 aromatic carbocycles. The number of ether oxygens (including phenoxy) is 2. The van der Waals surface area contributed by atoms with E-state index in [9.17, 15) is 19.2 Å². The van der Waals surface area contributed by atoms with Crippen molar-refractivity contribution in [3.05, 3.63) is 50.6 Å². The smallest absolute Gasteiger partial charge is 0.348 e. The first-order valence-corrected chi connectivity index (χ1v) is 13.0. The summed E-state index contributed by atoms with van der Waals surface area (Å²) in [5.41, 5.74) is 1.04. The van der Waals surface area contributed by atoms with E-state index < -0.39 is 11.9 Å². The highest BCUT2D eigenvalue weighted by molar-refractivity contribution is 7.99. The maximum Gasteiger partial charge on any atom is 0.348 e. The fourth-order valence-electron chi connectivity index (χ4n) is 3.40. The Hall–Kier alpha value is -3.18. The largest absolute Gasteiger partial charge is 0.462 e. The molecule has 0 atom stereocenters. The molecule has 1 N–H and O–H groups in total. The molecule has 35 heavy (non-hydrogen) atoms. The molecule has 0 aliphatic carbocycles. The number of hydrogen-bond acceptors (Lipinski definition) is 9. The number of aromatic nitrogens is 2. The van der Waals surface area contributed by atoms with Crippen molar-refractivity contribution < 1.29 is 23.9 Å². The zero-order valence-electron chi connectivity index (χ0n) is 20.0. The van der Waals surface area contributed by atoms with Crippen LogP contribution in [-0.4, -0.2) is 46.4 Å². The number of para-hydroxylation sites is 1. The van der Waals surface area contributed by atoms with Gasteiger partial charge in [0.05, 0.1) is 29.7 Å². The van der Waals surface area contributed by atoms with Gasteiger partial charge in [0.15, 0.2) is 5.16 Å². The molecule has 1 amide bonds. The Morgan fingerprint density at radius 2 is 1.77 bits per heavy atom. The van der Waals surface area contributed by atoms with Crippen LogP contribution in [0.25, 0.3) is 10.9 Å². The second kappa shape index (κ2) is 12.0. The average molecular weight is 518 g/mol. The Balaban J connectivity index is 1.75. The number of hydrogen-bond donors (Lipinski definition) is 1. The minimum Gasteiger partial charge on any atom is -0.462 e. The van der Waals surface area contributed by atoms with Crippen molar-refractivity contribution in [2.45, 2.75) is 45.8 Å². The molecule has 3 rings (SSSR count). The van der Waals surface area contributed by atoms with Crippen LogP contribution in [0.5, 0.6) is 0 Å². The maximum absolute atomic E-state index is 12.8. The molecule has 186 valence electrons. The van der Waals surface area contributed by atoms with E-state index in [-0.39, 0.29) is 46.5 Å². The van der Waals surface area contributed by atoms with E-state index in [2.05, 4.69) is 10.3 Å². The summed E-state index contributed by atoms with van der Waals surface area (Å²) in [5, 5.41) is 4.06. The highest BCUT2D eigenvalue weighted by Crippen LogP contribution is 2.34. The number of esters is 2. The Morgan fingerprint density at radius 1 is 1.09 bits per heavy atom. The Bertz CT molecular complexity index is 1310. The average Bonchev–Trinajstić information content (AvgIpc) is 3.15. The van der Waals surface area contributed by atoms with E-state index in [0.717, 1.165) is 11.3 Å². The Morgan fingerprint density at radius 3 is 2.46 bits per heavy atom. The predicted molar refractivity (Wildman–Crippen MR) is 137 cm³/mol. The molecule has 0 fully saturated rings. The summed E-state index contributed by atoms with van der Waals surface area (Å²) in [6.07, 6.45) is 0.102. The highest BCUT2D eigenvalue weighted by atomic mass is 32.2. The molecule has 0 bridgehead atoms. The fourth-order valence-corrected chi connectivity index (χ4v) is 5.51. The van der Waals surface area contributed by atoms with Crippen molar-refractivity contribution in [1.82, 2.24) is 9.55 Å². The van der Waals surface area contributed by atoms with Crippen LogP contribution in [0.4, 0.5) is 5.00 Å². The summed E-state index contributed by atoms with van der Waals surface area (Å²) < 4.78 is 11.8. The molecule has 0 unspecified atom stereocenters. The molecule has 0 radical (unpaired) electrons. The van der Waals surface area contributed by atoms with E-state index in [4.69, 9.17) is 9.47 Å². The van der Waals surface area contributed by atoms with Gasteiger partial charge in [-0.15, -0.1) is 11.3 Å². The highest BCUT2D eigenvalue weighted by Gasteiger charge is 2.27. The lowest BCUT2D eigenvalue weighted by Gasteiger charge is -2.11. The SMILES string of the molecule is CCOC(=O)c1sc(NC(=O)CCSc2nc3ccccc3c(=O)n2CC)c(C(=O)OCC)c1C. The van der Waals surface area contributed by atoms with Crippen LogP contribution in [0.15, 0.2) is 34.2 Å². The summed E-state index contributed by atoms with van der Waals surface area (Å²) in [6, 6.07) is 7.15. The van der Waals surface area contributed by atoms with Crippen molar-refractivity contribution in [1.29, 1.82) is 0 Å². The fraction of sp³-hybridized carbons (Fsp3) is 0.375. The van der Waals surface area contributed by atoms with Crippen LogP contribution >= 0.6 is 23.1 Å². The van der Waals surface area contributed by atoms with E-state index in [1.54, 1.807) is 43.5 Å². The van der Waals surface area contributed by atoms with Gasteiger partial charge in [-0.2, -0.15) is 0 Å². The molecule has 0 aliphatic rings. The normalized spacial score (nSPS) is 10.9. The number of amides is 1. The van der Waals surface area contributed by atoms with E-state index in [1.165, 1.54) is 11.8 Å². The molecule has 0 saturated carbocycles. The molecule has 0 aliphatic heterocycles. The van der Waals surface area contributed by atoms with Crippen molar-refractivity contribution in [3.8, 4) is 0 Å². The maximum atomic E-state index is 12.8. The number of carbonyl (C=O) groups excluding carboxylic acids is 3. The van der Waals surface area contributed by atoms with Crippen molar-refractivity contribution in [2.75, 3.05) is 24.3 Å². The molecule has 2 heterocycles. The van der Waals surface area contributed by atoms with Crippen LogP contribution in [0.1, 0.15) is 52.8 Å². The number of fused-ring (bicyclic) bond motifs is 1. The third kappa shape index (κ3) is 5.91. The van der Waals surface area contributed by atoms with Crippen LogP contribution in [0, 0.1) is 6.92 Å². The van der Waals surface area contributed by atoms with Crippen LogP contribution in [0.2, 0.25) is 0 Å². The first-order valence-electron chi connectivity index (χ1n) is 11.2. The lowest BCUT2D eigenvalue weighted by Crippen LogP contribution is -2.22. The number of rotatable bonds is 10. The Kier molecular flexibility index (Phi) is 9.05. The van der Waals surface area contributed by atoms with Gasteiger partial charge < -0.3 is 14.8 Å². The summed E-state index contributed by atoms with van der Waals surface area (Å²) in [7, 11) is 0. The molecule has 0 saturated heterocycles. The van der Waals surface area contributed by atoms with E-state index in [1.807, 2.05) is 13.0 Å². The number of carbonyl (C=O) groups is 3. The quantitative estimate of drug-likeness (QED) is 0.241. The van der Waals surface area contributed by atoms with Crippen molar-refractivity contribution in [3.63, 3.8) is 0 Å². The molecule has 11 heteroatoms. The summed E-state index contributed by atoms with van der Waals surface area (Å²) >= 11 is 2.29. The van der Waals surface area contributed by atoms with Crippen LogP contribution < -0.4 is 10.9 Å². The van der Waals surface area contributed by atoms with Gasteiger partial charge in [0.1, 0.15) is 9.88 Å². The predicted octanol–water partition coefficient (Wildman–Crippen LogP) is 4.26. The monoisotopic (exact) mass is 517 g/mol. The second-order valence-electron chi connectivity index (χ2n) is 7.31. The van der Waals surface area contributed by atoms with Crippen molar-refractivity contribution >= 4 is 56.8 Å². The third-order valence-corrected chi connectivity index (χ3v) is 7.21. The molecule has 2 aromatic heterocycles. The van der Waals surface area contributed by atoms with Gasteiger partial charge in [0.25, 0.3) is 5.56 Å². The first kappa shape index (κ1) is 26.4. The van der Waals surface area contributed by atoms with E-state index >= 15 is 0 Å². The summed E-state index contributed by atoms with van der Waals surface area (Å²) in [6.45, 7) is 7.66. The minimum atomic E-state index is -0.617. The standard InChI is InChI=1S/C24H27N3O6S2/c1-5-27-21(29)15-10-8-9-11-16(15)25-24(27)34-13-12-17(28)26-20-18(22(30)32-6-2)14(4)19(35-20)23(31)33-7-3/h8-11H,5-7,12-13H2,1-4H3,(H,26,28). The van der Waals surface area contributed by atoms with Gasteiger partial charge in [-0.3, -0.25) is 14.2 Å². The second-order valence-corrected chi connectivity index (χ2v) is 9.39. The molecule has 3 aromatic rings. The lowest BCUT2D eigenvalue weighted by atomic mass is 10.1. The first-order chi connectivity index (χ1) is 16.8. The number of thiophene rings is 1. The summed E-state index contributed by atoms with van der Waals surface area (Å²) in [4.78, 5) is 55.1. The zero-order valence-corrected chi connectivity index (χ0v) is 21.6. The van der Waals surface area contributed by atoms with Gasteiger partial charge in [-0.1, -0.05) is 23.9 Å². The summed E-state index contributed by atoms with van der Waals surface area (Å²) in [5.74, 6) is -1.16. The topological polar surface area (TPSA) is 117 Å². The molecule has 0 spiro atoms. The van der Waals surface area contributed by atoms with Gasteiger partial charge in [0.2, 0.25) is 5.91 Å². The van der Waals surface area contributed by atoms with Gasteiger partial charge in [-0.25, -0.2) is 14.6 Å². The zero-order chi connectivity index (χ0) is 25.5.